The van der Waals surface area contributed by atoms with Crippen molar-refractivity contribution >= 4 is 23.9 Å². The van der Waals surface area contributed by atoms with Crippen molar-refractivity contribution in [2.45, 2.75) is 33.7 Å². The van der Waals surface area contributed by atoms with E-state index in [1.807, 2.05) is 30.7 Å². The van der Waals surface area contributed by atoms with Crippen molar-refractivity contribution in [3.8, 4) is 5.82 Å². The minimum Gasteiger partial charge on any atom is -0.452 e. The van der Waals surface area contributed by atoms with Gasteiger partial charge in [0.25, 0.3) is 5.91 Å². The number of amides is 2. The summed E-state index contributed by atoms with van der Waals surface area (Å²) in [6.45, 7) is 7.45. The van der Waals surface area contributed by atoms with E-state index in [0.717, 1.165) is 22.8 Å². The fraction of sp³-hybridized carbons (Fsp3) is 0.400. The monoisotopic (exact) mass is 401 g/mol. The molecular formula is C20H27N5O4. The topological polar surface area (TPSA) is 107 Å². The summed E-state index contributed by atoms with van der Waals surface area (Å²) in [5, 5.41) is 9.09. The predicted octanol–water partition coefficient (Wildman–Crippen LogP) is 1.29. The zero-order chi connectivity index (χ0) is 21.6. The largest absolute Gasteiger partial charge is 0.452 e. The number of hydrogen-bond donors (Lipinski definition) is 2. The highest BCUT2D eigenvalue weighted by Crippen LogP contribution is 2.23. The summed E-state index contributed by atoms with van der Waals surface area (Å²) in [7, 11) is 1.47. The van der Waals surface area contributed by atoms with Crippen LogP contribution in [0.2, 0.25) is 0 Å². The van der Waals surface area contributed by atoms with Crippen LogP contribution in [0.1, 0.15) is 36.8 Å². The van der Waals surface area contributed by atoms with Crippen LogP contribution in [0.25, 0.3) is 11.9 Å². The molecule has 9 nitrogen and oxygen atoms in total. The van der Waals surface area contributed by atoms with Crippen LogP contribution >= 0.6 is 0 Å². The number of nitrogens with zero attached hydrogens (tertiary/aromatic N) is 3. The summed E-state index contributed by atoms with van der Waals surface area (Å²) in [6, 6.07) is 4.12. The molecular weight excluding hydrogens is 374 g/mol. The Labute approximate surface area is 169 Å². The third kappa shape index (κ3) is 5.56. The average molecular weight is 401 g/mol. The summed E-state index contributed by atoms with van der Waals surface area (Å²) in [6.07, 6.45) is 4.69. The van der Waals surface area contributed by atoms with Crippen molar-refractivity contribution in [3.05, 3.63) is 41.4 Å². The number of esters is 1. The lowest BCUT2D eigenvalue weighted by molar-refractivity contribution is -0.143. The zero-order valence-electron chi connectivity index (χ0n) is 17.4. The second kappa shape index (κ2) is 9.72. The van der Waals surface area contributed by atoms with Crippen LogP contribution < -0.4 is 10.6 Å². The number of nitrogens with one attached hydrogen (secondary N) is 2. The van der Waals surface area contributed by atoms with Crippen LogP contribution in [-0.4, -0.2) is 52.3 Å². The van der Waals surface area contributed by atoms with Crippen LogP contribution in [0.5, 0.6) is 0 Å². The van der Waals surface area contributed by atoms with Crippen LogP contribution in [0, 0.1) is 13.8 Å². The molecule has 0 aliphatic heterocycles. The second-order valence-corrected chi connectivity index (χ2v) is 6.78. The van der Waals surface area contributed by atoms with Crippen LogP contribution in [0.15, 0.2) is 24.4 Å². The first kappa shape index (κ1) is 21.9. The number of ether oxygens (including phenoxy) is 1. The van der Waals surface area contributed by atoms with Crippen LogP contribution in [-0.2, 0) is 19.1 Å². The minimum absolute atomic E-state index is 0.165. The third-order valence-electron chi connectivity index (χ3n) is 4.31. The van der Waals surface area contributed by atoms with Crippen molar-refractivity contribution in [3.63, 3.8) is 0 Å². The van der Waals surface area contributed by atoms with E-state index in [1.165, 1.54) is 13.1 Å². The maximum absolute atomic E-state index is 11.9. The number of carbonyl (C=O) groups excluding carboxylic acids is 3. The van der Waals surface area contributed by atoms with E-state index < -0.39 is 18.5 Å². The maximum atomic E-state index is 11.9. The van der Waals surface area contributed by atoms with Crippen molar-refractivity contribution in [1.29, 1.82) is 0 Å². The molecule has 29 heavy (non-hydrogen) atoms. The molecule has 2 aromatic heterocycles. The first-order valence-corrected chi connectivity index (χ1v) is 9.29. The molecule has 2 N–H and O–H groups in total. The maximum Gasteiger partial charge on any atom is 0.331 e. The summed E-state index contributed by atoms with van der Waals surface area (Å²) in [5.41, 5.74) is 2.82. The SMILES string of the molecule is CNC(=O)CNC(=O)COC(=O)/C=C/c1cc(C)n(-c2ccnn2C(C)C)c1C. The number of likely N-dealkylation sites (N-methyl/N-ethyl adjacent to an activating group) is 1. The van der Waals surface area contributed by atoms with E-state index in [1.54, 1.807) is 12.3 Å². The van der Waals surface area contributed by atoms with Gasteiger partial charge in [-0.15, -0.1) is 0 Å². The molecule has 2 rings (SSSR count). The van der Waals surface area contributed by atoms with E-state index in [0.29, 0.717) is 0 Å². The first-order valence-electron chi connectivity index (χ1n) is 9.29. The Bertz CT molecular complexity index is 923. The van der Waals surface area contributed by atoms with E-state index in [4.69, 9.17) is 4.74 Å². The smallest absolute Gasteiger partial charge is 0.331 e. The third-order valence-corrected chi connectivity index (χ3v) is 4.31. The molecule has 2 amide bonds. The van der Waals surface area contributed by atoms with E-state index in [9.17, 15) is 14.4 Å². The lowest BCUT2D eigenvalue weighted by atomic mass is 10.2. The molecule has 0 aliphatic rings. The van der Waals surface area contributed by atoms with Crippen molar-refractivity contribution in [2.24, 2.45) is 0 Å². The van der Waals surface area contributed by atoms with Crippen molar-refractivity contribution < 1.29 is 19.1 Å². The molecule has 0 radical (unpaired) electrons. The Morgan fingerprint density at radius 2 is 1.97 bits per heavy atom. The fourth-order valence-corrected chi connectivity index (χ4v) is 2.85. The Balaban J connectivity index is 2.02. The Hall–Kier alpha value is -3.36. The first-order chi connectivity index (χ1) is 13.7. The van der Waals surface area contributed by atoms with Gasteiger partial charge in [-0.3, -0.25) is 9.59 Å². The Kier molecular flexibility index (Phi) is 7.35. The lowest BCUT2D eigenvalue weighted by Crippen LogP contribution is -2.37. The predicted molar refractivity (Wildman–Crippen MR) is 108 cm³/mol. The highest BCUT2D eigenvalue weighted by molar-refractivity contribution is 5.90. The molecule has 0 aliphatic carbocycles. The summed E-state index contributed by atoms with van der Waals surface area (Å²) < 4.78 is 8.90. The lowest BCUT2D eigenvalue weighted by Gasteiger charge is -2.15. The number of rotatable bonds is 8. The molecule has 0 fully saturated rings. The van der Waals surface area contributed by atoms with Gasteiger partial charge in [-0.05, 0) is 45.4 Å². The van der Waals surface area contributed by atoms with Gasteiger partial charge in [-0.2, -0.15) is 5.10 Å². The fourth-order valence-electron chi connectivity index (χ4n) is 2.85. The van der Waals surface area contributed by atoms with Gasteiger partial charge in [-0.1, -0.05) is 0 Å². The molecule has 2 aromatic rings. The second-order valence-electron chi connectivity index (χ2n) is 6.78. The highest BCUT2D eigenvalue weighted by Gasteiger charge is 2.14. The van der Waals surface area contributed by atoms with Gasteiger partial charge in [0.2, 0.25) is 5.91 Å². The highest BCUT2D eigenvalue weighted by atomic mass is 16.5. The number of hydrogen-bond acceptors (Lipinski definition) is 5. The minimum atomic E-state index is -0.642. The Morgan fingerprint density at radius 3 is 2.62 bits per heavy atom. The molecule has 0 unspecified atom stereocenters. The molecule has 0 saturated heterocycles. The van der Waals surface area contributed by atoms with Gasteiger partial charge >= 0.3 is 5.97 Å². The van der Waals surface area contributed by atoms with Gasteiger partial charge in [0.15, 0.2) is 6.61 Å². The van der Waals surface area contributed by atoms with Crippen molar-refractivity contribution in [1.82, 2.24) is 25.0 Å². The standard InChI is InChI=1S/C20H27N5O4/c1-13(2)25-19(8-9-23-25)24-14(3)10-16(15(24)4)6-7-20(28)29-12-18(27)22-11-17(26)21-5/h6-10,13H,11-12H2,1-5H3,(H,21,26)(H,22,27)/b7-6+. The van der Waals surface area contributed by atoms with Gasteiger partial charge in [-0.25, -0.2) is 9.48 Å². The molecule has 0 atom stereocenters. The van der Waals surface area contributed by atoms with Gasteiger partial charge in [0.05, 0.1) is 12.7 Å². The molecule has 9 heteroatoms. The molecule has 0 aromatic carbocycles. The van der Waals surface area contributed by atoms with Gasteiger partial charge in [0, 0.05) is 36.6 Å². The summed E-state index contributed by atoms with van der Waals surface area (Å²) >= 11 is 0. The molecule has 156 valence electrons. The molecule has 0 saturated carbocycles. The van der Waals surface area contributed by atoms with E-state index in [-0.39, 0.29) is 18.5 Å². The van der Waals surface area contributed by atoms with Gasteiger partial charge in [0.1, 0.15) is 5.82 Å². The van der Waals surface area contributed by atoms with Crippen LogP contribution in [0.3, 0.4) is 0 Å². The van der Waals surface area contributed by atoms with E-state index in [2.05, 4.69) is 34.1 Å². The quantitative estimate of drug-likeness (QED) is 0.512. The Morgan fingerprint density at radius 1 is 1.24 bits per heavy atom. The molecule has 2 heterocycles. The summed E-state index contributed by atoms with van der Waals surface area (Å²) in [5.74, 6) is -0.573. The molecule has 0 bridgehead atoms. The summed E-state index contributed by atoms with van der Waals surface area (Å²) in [4.78, 5) is 34.5. The van der Waals surface area contributed by atoms with E-state index >= 15 is 0 Å². The molecule has 0 spiro atoms. The average Bonchev–Trinajstić information content (AvgIpc) is 3.26. The zero-order valence-corrected chi connectivity index (χ0v) is 17.4. The van der Waals surface area contributed by atoms with Crippen LogP contribution in [0.4, 0.5) is 0 Å². The van der Waals surface area contributed by atoms with Crippen molar-refractivity contribution in [2.75, 3.05) is 20.2 Å². The number of carbonyl (C=O) groups is 3. The van der Waals surface area contributed by atoms with Gasteiger partial charge < -0.3 is 19.9 Å². The number of aromatic nitrogens is 3. The normalized spacial score (nSPS) is 11.1. The number of aryl methyl sites for hydroxylation is 1.